The fourth-order valence-corrected chi connectivity index (χ4v) is 3.51. The van der Waals surface area contributed by atoms with Crippen molar-refractivity contribution < 1.29 is 19.1 Å². The zero-order chi connectivity index (χ0) is 11.8. The molecule has 2 bridgehead atoms. The third-order valence-electron chi connectivity index (χ3n) is 4.29. The van der Waals surface area contributed by atoms with Gasteiger partial charge in [-0.15, -0.1) is 0 Å². The predicted molar refractivity (Wildman–Crippen MR) is 50.2 cm³/mol. The topological polar surface area (TPSA) is 87.3 Å². The normalized spacial score (nSPS) is 54.0. The van der Waals surface area contributed by atoms with Gasteiger partial charge in [-0.1, -0.05) is 0 Å². The molecule has 3 fully saturated rings. The molecule has 0 aliphatic carbocycles. The van der Waals surface area contributed by atoms with Crippen LogP contribution >= 0.6 is 0 Å². The molecule has 3 aliphatic heterocycles. The maximum atomic E-state index is 11.8. The van der Waals surface area contributed by atoms with Crippen molar-refractivity contribution in [3.63, 3.8) is 0 Å². The van der Waals surface area contributed by atoms with E-state index in [1.807, 2.05) is 0 Å². The van der Waals surface area contributed by atoms with Gasteiger partial charge in [0.15, 0.2) is 5.54 Å². The van der Waals surface area contributed by atoms with E-state index in [0.29, 0.717) is 12.8 Å². The van der Waals surface area contributed by atoms with Gasteiger partial charge >= 0.3 is 11.9 Å². The molecular weight excluding hydrogens is 212 g/mol. The van der Waals surface area contributed by atoms with Crippen LogP contribution in [0.3, 0.4) is 0 Å². The summed E-state index contributed by atoms with van der Waals surface area (Å²) in [6.07, 6.45) is 1.24. The molecule has 6 heteroatoms. The van der Waals surface area contributed by atoms with Crippen LogP contribution in [0.1, 0.15) is 26.7 Å². The molecule has 3 saturated heterocycles. The molecule has 0 aromatic carbocycles. The van der Waals surface area contributed by atoms with E-state index in [0.717, 1.165) is 0 Å². The highest BCUT2D eigenvalue weighted by atomic mass is 16.6. The first-order chi connectivity index (χ1) is 7.40. The fourth-order valence-electron chi connectivity index (χ4n) is 3.51. The summed E-state index contributed by atoms with van der Waals surface area (Å²) in [6.45, 7) is 3.45. The lowest BCUT2D eigenvalue weighted by molar-refractivity contribution is -0.161. The summed E-state index contributed by atoms with van der Waals surface area (Å²) in [5.41, 5.74) is 5.95. The van der Waals surface area contributed by atoms with E-state index in [1.165, 1.54) is 0 Å². The summed E-state index contributed by atoms with van der Waals surface area (Å²) in [4.78, 5) is 23.5. The molecule has 6 nitrogen and oxygen atoms in total. The molecule has 4 atom stereocenters. The number of fused-ring (bicyclic) bond motifs is 5. The summed E-state index contributed by atoms with van der Waals surface area (Å²) in [5.74, 6) is -2.26. The van der Waals surface area contributed by atoms with Crippen LogP contribution in [0.2, 0.25) is 0 Å². The Hall–Kier alpha value is -1.30. The van der Waals surface area contributed by atoms with E-state index in [-0.39, 0.29) is 0 Å². The summed E-state index contributed by atoms with van der Waals surface area (Å²) < 4.78 is 10.4. The van der Waals surface area contributed by atoms with Gasteiger partial charge in [0.05, 0.1) is 5.60 Å². The summed E-state index contributed by atoms with van der Waals surface area (Å²) >= 11 is 0. The van der Waals surface area contributed by atoms with Crippen LogP contribution in [0.25, 0.3) is 5.53 Å². The average Bonchev–Trinajstić information content (AvgIpc) is 2.71. The van der Waals surface area contributed by atoms with Crippen molar-refractivity contribution in [1.82, 2.24) is 0 Å². The number of hydrogen-bond donors (Lipinski definition) is 0. The minimum atomic E-state index is -1.56. The van der Waals surface area contributed by atoms with Gasteiger partial charge < -0.3 is 20.1 Å². The number of cyclic esters (lactones) is 2. The number of ether oxygens (including phenoxy) is 2. The largest absolute Gasteiger partial charge is 0.711 e. The second kappa shape index (κ2) is 2.34. The minimum Gasteiger partial charge on any atom is -0.711 e. The number of nitrogens with zero attached hydrogens (tertiary/aromatic N) is 2. The highest BCUT2D eigenvalue weighted by Crippen LogP contribution is 2.63. The standard InChI is InChI=1S/C10H11N2O4/c1-8-3-4-9(2,16-8)10(12-11)5(8)6(13)15-7(10)14/h5H,3-4H2,1-2H3/q-1/t5?,8?,9?,10-/m1/s1. The van der Waals surface area contributed by atoms with Crippen LogP contribution in [0.4, 0.5) is 0 Å². The first-order valence-electron chi connectivity index (χ1n) is 5.22. The zero-order valence-electron chi connectivity index (χ0n) is 9.02. The Kier molecular flexibility index (Phi) is 1.45. The predicted octanol–water partition coefficient (Wildman–Crippen LogP) is 0.788. The third-order valence-corrected chi connectivity index (χ3v) is 4.29. The second-order valence-corrected chi connectivity index (χ2v) is 5.15. The lowest BCUT2D eigenvalue weighted by Gasteiger charge is -2.37. The van der Waals surface area contributed by atoms with Crippen LogP contribution in [0.5, 0.6) is 0 Å². The van der Waals surface area contributed by atoms with Gasteiger partial charge in [0.25, 0.3) is 0 Å². The molecule has 0 saturated carbocycles. The number of esters is 2. The van der Waals surface area contributed by atoms with E-state index in [9.17, 15) is 15.1 Å². The second-order valence-electron chi connectivity index (χ2n) is 5.15. The lowest BCUT2D eigenvalue weighted by atomic mass is 9.64. The molecule has 0 aromatic heterocycles. The molecule has 16 heavy (non-hydrogen) atoms. The fraction of sp³-hybridized carbons (Fsp3) is 0.800. The molecular formula is C10H11N2O4-. The molecule has 3 aliphatic rings. The van der Waals surface area contributed by atoms with Crippen LogP contribution < -0.4 is 0 Å². The number of carbonyl (C=O) groups is 2. The molecule has 0 spiro atoms. The van der Waals surface area contributed by atoms with E-state index in [2.05, 4.69) is 9.85 Å². The maximum absolute atomic E-state index is 11.8. The van der Waals surface area contributed by atoms with Crippen LogP contribution in [-0.2, 0) is 19.1 Å². The van der Waals surface area contributed by atoms with Crippen molar-refractivity contribution in [1.29, 1.82) is 0 Å². The smallest absolute Gasteiger partial charge is 0.343 e. The van der Waals surface area contributed by atoms with Gasteiger partial charge in [0.1, 0.15) is 11.5 Å². The van der Waals surface area contributed by atoms with Crippen molar-refractivity contribution in [3.05, 3.63) is 5.53 Å². The van der Waals surface area contributed by atoms with E-state index < -0.39 is 34.6 Å². The number of carbonyl (C=O) groups excluding carboxylic acids is 2. The molecule has 3 unspecified atom stereocenters. The summed E-state index contributed by atoms with van der Waals surface area (Å²) in [5, 5.41) is 3.19. The van der Waals surface area contributed by atoms with Gasteiger partial charge in [-0.25, -0.2) is 4.79 Å². The molecule has 0 aromatic rings. The minimum absolute atomic E-state index is 0.576. The van der Waals surface area contributed by atoms with Crippen molar-refractivity contribution in [2.24, 2.45) is 11.0 Å². The molecule has 0 radical (unpaired) electrons. The van der Waals surface area contributed by atoms with Gasteiger partial charge in [-0.05, 0) is 26.7 Å². The highest BCUT2D eigenvalue weighted by Gasteiger charge is 2.80. The molecule has 86 valence electrons. The van der Waals surface area contributed by atoms with Gasteiger partial charge in [-0.3, -0.25) is 4.79 Å². The monoisotopic (exact) mass is 223 g/mol. The Labute approximate surface area is 91.8 Å². The van der Waals surface area contributed by atoms with Gasteiger partial charge in [0, 0.05) is 0 Å². The van der Waals surface area contributed by atoms with Crippen LogP contribution in [0, 0.1) is 5.92 Å². The Morgan fingerprint density at radius 1 is 1.38 bits per heavy atom. The van der Waals surface area contributed by atoms with Gasteiger partial charge in [0.2, 0.25) is 0 Å². The first kappa shape index (κ1) is 9.89. The Morgan fingerprint density at radius 2 is 2.06 bits per heavy atom. The summed E-state index contributed by atoms with van der Waals surface area (Å²) in [7, 11) is 0. The number of rotatable bonds is 1. The molecule has 3 rings (SSSR count). The quantitative estimate of drug-likeness (QED) is 0.373. The first-order valence-corrected chi connectivity index (χ1v) is 5.22. The third kappa shape index (κ3) is 0.704. The number of hydrogen-bond acceptors (Lipinski definition) is 5. The molecule has 0 amide bonds. The Balaban J connectivity index is 2.27. The van der Waals surface area contributed by atoms with Crippen molar-refractivity contribution in [2.75, 3.05) is 0 Å². The Morgan fingerprint density at radius 3 is 2.62 bits per heavy atom. The Bertz CT molecular complexity index is 437. The SMILES string of the molecule is CC12CCC(C)(O1)[C@]1(N=[N-])C(=O)OC(=O)C21. The lowest BCUT2D eigenvalue weighted by Crippen LogP contribution is -2.56. The van der Waals surface area contributed by atoms with Crippen molar-refractivity contribution in [2.45, 2.75) is 43.4 Å². The van der Waals surface area contributed by atoms with Crippen LogP contribution in [0.15, 0.2) is 5.11 Å². The van der Waals surface area contributed by atoms with Crippen molar-refractivity contribution in [3.8, 4) is 0 Å². The van der Waals surface area contributed by atoms with E-state index in [4.69, 9.17) is 4.74 Å². The molecule has 0 N–H and O–H groups in total. The molecule has 3 heterocycles. The highest BCUT2D eigenvalue weighted by molar-refractivity contribution is 6.04. The van der Waals surface area contributed by atoms with Gasteiger partial charge in [-0.2, -0.15) is 0 Å². The van der Waals surface area contributed by atoms with E-state index in [1.54, 1.807) is 13.8 Å². The zero-order valence-corrected chi connectivity index (χ0v) is 9.02. The van der Waals surface area contributed by atoms with Crippen LogP contribution in [-0.4, -0.2) is 28.7 Å². The maximum Gasteiger partial charge on any atom is 0.343 e. The van der Waals surface area contributed by atoms with Crippen molar-refractivity contribution >= 4 is 11.9 Å². The summed E-state index contributed by atoms with van der Waals surface area (Å²) in [6, 6.07) is 0. The average molecular weight is 223 g/mol. The van der Waals surface area contributed by atoms with E-state index >= 15 is 0 Å².